The van der Waals surface area contributed by atoms with Crippen LogP contribution in [0.2, 0.25) is 0 Å². The number of halogens is 1. The molecular weight excluding hydrogens is 510 g/mol. The topological polar surface area (TPSA) is 92.6 Å². The van der Waals surface area contributed by atoms with Crippen LogP contribution in [0.5, 0.6) is 0 Å². The van der Waals surface area contributed by atoms with Gasteiger partial charge in [-0.25, -0.2) is 4.90 Å². The van der Waals surface area contributed by atoms with Gasteiger partial charge >= 0.3 is 0 Å². The van der Waals surface area contributed by atoms with Gasteiger partial charge in [0.05, 0.1) is 21.9 Å². The SMILES string of the molecule is Cc1cccc(N2C(=O)c3cccc4c(Nc5cc(C)c(C)cc5Br)c([N+](=O)[O-])cc(c34)C2=O)c1. The second-order valence-electron chi connectivity index (χ2n) is 8.63. The fourth-order valence-corrected chi connectivity index (χ4v) is 5.00. The van der Waals surface area contributed by atoms with Crippen molar-refractivity contribution in [3.8, 4) is 0 Å². The Morgan fingerprint density at radius 2 is 1.57 bits per heavy atom. The smallest absolute Gasteiger partial charge is 0.294 e. The van der Waals surface area contributed by atoms with Crippen molar-refractivity contribution in [2.75, 3.05) is 10.2 Å². The Balaban J connectivity index is 1.76. The highest BCUT2D eigenvalue weighted by molar-refractivity contribution is 9.10. The summed E-state index contributed by atoms with van der Waals surface area (Å²) in [6.07, 6.45) is 0. The monoisotopic (exact) mass is 529 g/mol. The number of aryl methyl sites for hydroxylation is 3. The number of nitrogens with one attached hydrogen (secondary N) is 1. The summed E-state index contributed by atoms with van der Waals surface area (Å²) in [6, 6.07) is 17.1. The number of amides is 2. The van der Waals surface area contributed by atoms with E-state index in [0.717, 1.165) is 26.1 Å². The standard InChI is InChI=1S/C27H20BrN3O4/c1-14-6-4-7-17(10-14)30-26(32)19-9-5-8-18-24(19)20(27(30)33)13-23(31(34)35)25(18)29-22-12-16(3)15(2)11-21(22)28/h4-13,29H,1-3H3. The number of imide groups is 1. The summed E-state index contributed by atoms with van der Waals surface area (Å²) >= 11 is 3.53. The lowest BCUT2D eigenvalue weighted by Crippen LogP contribution is -2.40. The van der Waals surface area contributed by atoms with Crippen LogP contribution in [-0.2, 0) is 0 Å². The number of nitro groups is 1. The van der Waals surface area contributed by atoms with Gasteiger partial charge in [-0.1, -0.05) is 24.3 Å². The largest absolute Gasteiger partial charge is 0.348 e. The molecular formula is C27H20BrN3O4. The van der Waals surface area contributed by atoms with Crippen LogP contribution in [0.25, 0.3) is 10.8 Å². The van der Waals surface area contributed by atoms with Gasteiger partial charge in [-0.15, -0.1) is 0 Å². The molecule has 35 heavy (non-hydrogen) atoms. The quantitative estimate of drug-likeness (QED) is 0.175. The summed E-state index contributed by atoms with van der Waals surface area (Å²) in [6.45, 7) is 5.80. The van der Waals surface area contributed by atoms with Crippen molar-refractivity contribution in [3.05, 3.63) is 103 Å². The highest BCUT2D eigenvalue weighted by Gasteiger charge is 2.37. The molecule has 174 valence electrons. The summed E-state index contributed by atoms with van der Waals surface area (Å²) < 4.78 is 0.744. The van der Waals surface area contributed by atoms with E-state index in [2.05, 4.69) is 21.2 Å². The highest BCUT2D eigenvalue weighted by atomic mass is 79.9. The third-order valence-corrected chi connectivity index (χ3v) is 6.96. The van der Waals surface area contributed by atoms with E-state index < -0.39 is 16.7 Å². The number of anilines is 3. The van der Waals surface area contributed by atoms with Crippen molar-refractivity contribution in [2.24, 2.45) is 0 Å². The van der Waals surface area contributed by atoms with Gasteiger partial charge in [-0.3, -0.25) is 19.7 Å². The fourth-order valence-electron chi connectivity index (χ4n) is 4.44. The van der Waals surface area contributed by atoms with Crippen LogP contribution in [0.1, 0.15) is 37.4 Å². The number of nitrogens with zero attached hydrogens (tertiary/aromatic N) is 2. The van der Waals surface area contributed by atoms with Crippen LogP contribution in [-0.4, -0.2) is 16.7 Å². The Morgan fingerprint density at radius 1 is 0.886 bits per heavy atom. The lowest BCUT2D eigenvalue weighted by molar-refractivity contribution is -0.383. The molecule has 0 bridgehead atoms. The molecule has 4 aromatic carbocycles. The zero-order valence-electron chi connectivity index (χ0n) is 19.2. The van der Waals surface area contributed by atoms with Crippen LogP contribution < -0.4 is 10.2 Å². The molecule has 0 aromatic heterocycles. The third-order valence-electron chi connectivity index (χ3n) is 6.31. The maximum absolute atomic E-state index is 13.6. The van der Waals surface area contributed by atoms with Gasteiger partial charge in [-0.2, -0.15) is 0 Å². The Morgan fingerprint density at radius 3 is 2.29 bits per heavy atom. The van der Waals surface area contributed by atoms with E-state index in [9.17, 15) is 19.7 Å². The first-order valence-corrected chi connectivity index (χ1v) is 11.7. The van der Waals surface area contributed by atoms with Crippen molar-refractivity contribution < 1.29 is 14.5 Å². The lowest BCUT2D eigenvalue weighted by Gasteiger charge is -2.28. The van der Waals surface area contributed by atoms with Gasteiger partial charge in [0.25, 0.3) is 17.5 Å². The molecule has 1 heterocycles. The summed E-state index contributed by atoms with van der Waals surface area (Å²) in [7, 11) is 0. The molecule has 0 fully saturated rings. The molecule has 1 aliphatic rings. The average molecular weight is 530 g/mol. The number of hydrogen-bond acceptors (Lipinski definition) is 5. The Kier molecular flexibility index (Phi) is 5.40. The molecule has 4 aromatic rings. The Hall–Kier alpha value is -4.04. The fraction of sp³-hybridized carbons (Fsp3) is 0.111. The molecule has 1 N–H and O–H groups in total. The van der Waals surface area contributed by atoms with E-state index in [-0.39, 0.29) is 16.9 Å². The van der Waals surface area contributed by atoms with Crippen molar-refractivity contribution >= 4 is 61.3 Å². The zero-order chi connectivity index (χ0) is 25.0. The molecule has 0 unspecified atom stereocenters. The van der Waals surface area contributed by atoms with E-state index in [0.29, 0.717) is 27.7 Å². The van der Waals surface area contributed by atoms with E-state index in [1.165, 1.54) is 6.07 Å². The first-order valence-electron chi connectivity index (χ1n) is 10.9. The second kappa shape index (κ2) is 8.32. The highest BCUT2D eigenvalue weighted by Crippen LogP contribution is 2.43. The number of benzene rings is 4. The van der Waals surface area contributed by atoms with Crippen LogP contribution in [0.15, 0.2) is 65.1 Å². The number of hydrogen-bond donors (Lipinski definition) is 1. The molecule has 0 aliphatic carbocycles. The number of nitro benzene ring substituents is 1. The van der Waals surface area contributed by atoms with Crippen molar-refractivity contribution in [1.82, 2.24) is 0 Å². The molecule has 0 spiro atoms. The first kappa shape index (κ1) is 22.7. The summed E-state index contributed by atoms with van der Waals surface area (Å²) in [5, 5.41) is 16.2. The van der Waals surface area contributed by atoms with Gasteiger partial charge in [0.1, 0.15) is 5.69 Å². The van der Waals surface area contributed by atoms with E-state index in [4.69, 9.17) is 0 Å². The minimum atomic E-state index is -0.591. The molecule has 0 atom stereocenters. The molecule has 2 amide bonds. The normalized spacial score (nSPS) is 12.9. The molecule has 0 saturated heterocycles. The molecule has 7 nitrogen and oxygen atoms in total. The van der Waals surface area contributed by atoms with Crippen molar-refractivity contribution in [2.45, 2.75) is 20.8 Å². The van der Waals surface area contributed by atoms with Gasteiger partial charge in [0.15, 0.2) is 0 Å². The molecule has 5 rings (SSSR count). The summed E-state index contributed by atoms with van der Waals surface area (Å²) in [5.74, 6) is -1.06. The Bertz CT molecular complexity index is 1600. The van der Waals surface area contributed by atoms with Crippen LogP contribution in [0.3, 0.4) is 0 Å². The third kappa shape index (κ3) is 3.66. The first-order chi connectivity index (χ1) is 16.7. The van der Waals surface area contributed by atoms with Crippen LogP contribution >= 0.6 is 15.9 Å². The number of rotatable bonds is 4. The maximum atomic E-state index is 13.6. The molecule has 0 radical (unpaired) electrons. The summed E-state index contributed by atoms with van der Waals surface area (Å²) in [5.41, 5.74) is 4.45. The summed E-state index contributed by atoms with van der Waals surface area (Å²) in [4.78, 5) is 39.8. The Labute approximate surface area is 209 Å². The predicted octanol–water partition coefficient (Wildman–Crippen LogP) is 6.98. The van der Waals surface area contributed by atoms with E-state index in [1.807, 2.05) is 39.0 Å². The van der Waals surface area contributed by atoms with E-state index >= 15 is 0 Å². The average Bonchev–Trinajstić information content (AvgIpc) is 2.81. The predicted molar refractivity (Wildman–Crippen MR) is 140 cm³/mol. The van der Waals surface area contributed by atoms with Crippen LogP contribution in [0, 0.1) is 30.9 Å². The molecule has 8 heteroatoms. The van der Waals surface area contributed by atoms with Gasteiger partial charge in [-0.05, 0) is 83.7 Å². The number of carbonyl (C=O) groups is 2. The van der Waals surface area contributed by atoms with Gasteiger partial charge in [0.2, 0.25) is 0 Å². The van der Waals surface area contributed by atoms with Crippen molar-refractivity contribution in [1.29, 1.82) is 0 Å². The van der Waals surface area contributed by atoms with E-state index in [1.54, 1.807) is 36.4 Å². The molecule has 0 saturated carbocycles. The maximum Gasteiger partial charge on any atom is 0.294 e. The van der Waals surface area contributed by atoms with Crippen molar-refractivity contribution in [3.63, 3.8) is 0 Å². The number of carbonyl (C=O) groups excluding carboxylic acids is 2. The van der Waals surface area contributed by atoms with Crippen LogP contribution in [0.4, 0.5) is 22.7 Å². The second-order valence-corrected chi connectivity index (χ2v) is 9.48. The minimum absolute atomic E-state index is 0.119. The minimum Gasteiger partial charge on any atom is -0.348 e. The van der Waals surface area contributed by atoms with Gasteiger partial charge in [0, 0.05) is 26.9 Å². The molecule has 1 aliphatic heterocycles. The lowest BCUT2D eigenvalue weighted by atomic mass is 9.91. The zero-order valence-corrected chi connectivity index (χ0v) is 20.8. The van der Waals surface area contributed by atoms with Gasteiger partial charge < -0.3 is 5.32 Å².